The Labute approximate surface area is 90.2 Å². The lowest BCUT2D eigenvalue weighted by atomic mass is 10.2. The molecule has 0 saturated carbocycles. The smallest absolute Gasteiger partial charge is 0.132 e. The van der Waals surface area contributed by atoms with E-state index < -0.39 is 0 Å². The van der Waals surface area contributed by atoms with Gasteiger partial charge in [-0.1, -0.05) is 12.2 Å². The average molecular weight is 293 g/mol. The van der Waals surface area contributed by atoms with Gasteiger partial charge in [-0.2, -0.15) is 0 Å². The summed E-state index contributed by atoms with van der Waals surface area (Å²) in [5.41, 5.74) is 6.33. The summed E-state index contributed by atoms with van der Waals surface area (Å²) in [7, 11) is 1.64. The molecule has 0 unspecified atom stereocenters. The second-order valence-corrected chi connectivity index (χ2v) is 3.82. The highest BCUT2D eigenvalue weighted by Gasteiger charge is 2.01. The van der Waals surface area contributed by atoms with E-state index in [0.717, 1.165) is 14.9 Å². The van der Waals surface area contributed by atoms with Crippen LogP contribution in [0.3, 0.4) is 0 Å². The Bertz CT molecular complexity index is 314. The summed E-state index contributed by atoms with van der Waals surface area (Å²) >= 11 is 7.01. The molecule has 0 aromatic heterocycles. The maximum atomic E-state index is 5.46. The molecular weight excluding hydrogens is 285 g/mol. The maximum absolute atomic E-state index is 5.46. The van der Waals surface area contributed by atoms with Crippen LogP contribution in [0.25, 0.3) is 0 Å². The zero-order chi connectivity index (χ0) is 9.14. The van der Waals surface area contributed by atoms with Gasteiger partial charge in [0.05, 0.1) is 10.7 Å². The first-order valence-electron chi connectivity index (χ1n) is 3.28. The molecule has 4 heteroatoms. The molecule has 0 radical (unpaired) electrons. The molecule has 0 heterocycles. The second-order valence-electron chi connectivity index (χ2n) is 2.21. The van der Waals surface area contributed by atoms with Gasteiger partial charge >= 0.3 is 0 Å². The summed E-state index contributed by atoms with van der Waals surface area (Å²) in [5.74, 6) is 0.843. The number of nitrogens with two attached hydrogens (primary N) is 1. The molecule has 0 atom stereocenters. The van der Waals surface area contributed by atoms with Crippen LogP contribution < -0.4 is 10.5 Å². The fourth-order valence-corrected chi connectivity index (χ4v) is 1.68. The Morgan fingerprint density at radius 2 is 2.25 bits per heavy atom. The molecule has 2 nitrogen and oxygen atoms in total. The number of hydrogen-bond donors (Lipinski definition) is 1. The number of methoxy groups -OCH3 is 1. The molecule has 0 amide bonds. The molecule has 0 aliphatic heterocycles. The van der Waals surface area contributed by atoms with E-state index in [2.05, 4.69) is 22.6 Å². The standard InChI is InChI=1S/C8H8INOS/c1-11-7-3-2-5(8(10)12)4-6(7)9/h2-4H,1H3,(H2,10,12). The van der Waals surface area contributed by atoms with Crippen molar-refractivity contribution in [3.8, 4) is 5.75 Å². The Morgan fingerprint density at radius 1 is 1.58 bits per heavy atom. The highest BCUT2D eigenvalue weighted by molar-refractivity contribution is 14.1. The molecule has 1 rings (SSSR count). The van der Waals surface area contributed by atoms with E-state index in [1.54, 1.807) is 7.11 Å². The second kappa shape index (κ2) is 4.04. The molecule has 0 saturated heterocycles. The van der Waals surface area contributed by atoms with Gasteiger partial charge in [-0.05, 0) is 40.8 Å². The van der Waals surface area contributed by atoms with E-state index >= 15 is 0 Å². The Kier molecular flexibility index (Phi) is 3.28. The molecule has 2 N–H and O–H groups in total. The Balaban J connectivity index is 3.10. The van der Waals surface area contributed by atoms with Crippen LogP contribution in [-0.4, -0.2) is 12.1 Å². The topological polar surface area (TPSA) is 35.2 Å². The minimum Gasteiger partial charge on any atom is -0.496 e. The van der Waals surface area contributed by atoms with Gasteiger partial charge < -0.3 is 10.5 Å². The van der Waals surface area contributed by atoms with Crippen LogP contribution in [-0.2, 0) is 0 Å². The van der Waals surface area contributed by atoms with Gasteiger partial charge in [-0.15, -0.1) is 0 Å². The van der Waals surface area contributed by atoms with Gasteiger partial charge in [0.2, 0.25) is 0 Å². The fraction of sp³-hybridized carbons (Fsp3) is 0.125. The third kappa shape index (κ3) is 2.07. The van der Waals surface area contributed by atoms with Gasteiger partial charge in [0.15, 0.2) is 0 Å². The minimum atomic E-state index is 0.413. The lowest BCUT2D eigenvalue weighted by molar-refractivity contribution is 0.412. The third-order valence-corrected chi connectivity index (χ3v) is 2.52. The zero-order valence-electron chi connectivity index (χ0n) is 6.50. The average Bonchev–Trinajstić information content (AvgIpc) is 2.04. The zero-order valence-corrected chi connectivity index (χ0v) is 9.48. The van der Waals surface area contributed by atoms with Gasteiger partial charge in [-0.25, -0.2) is 0 Å². The molecule has 1 aromatic rings. The normalized spacial score (nSPS) is 9.50. The lowest BCUT2D eigenvalue weighted by Gasteiger charge is -2.04. The quantitative estimate of drug-likeness (QED) is 0.668. The van der Waals surface area contributed by atoms with Crippen LogP contribution in [0.2, 0.25) is 0 Å². The molecule has 0 spiro atoms. The van der Waals surface area contributed by atoms with Crippen molar-refractivity contribution in [3.05, 3.63) is 27.3 Å². The fourth-order valence-electron chi connectivity index (χ4n) is 0.820. The van der Waals surface area contributed by atoms with Crippen molar-refractivity contribution in [2.45, 2.75) is 0 Å². The molecular formula is C8H8INOS. The highest BCUT2D eigenvalue weighted by Crippen LogP contribution is 2.21. The van der Waals surface area contributed by atoms with Crippen molar-refractivity contribution in [2.75, 3.05) is 7.11 Å². The first-order valence-corrected chi connectivity index (χ1v) is 4.77. The van der Waals surface area contributed by atoms with Gasteiger partial charge in [0.1, 0.15) is 10.7 Å². The number of hydrogen-bond acceptors (Lipinski definition) is 2. The van der Waals surface area contributed by atoms with E-state index in [1.807, 2.05) is 18.2 Å². The van der Waals surface area contributed by atoms with Crippen molar-refractivity contribution >= 4 is 39.8 Å². The van der Waals surface area contributed by atoms with E-state index in [-0.39, 0.29) is 0 Å². The van der Waals surface area contributed by atoms with E-state index in [9.17, 15) is 0 Å². The van der Waals surface area contributed by atoms with Crippen LogP contribution in [0.1, 0.15) is 5.56 Å². The molecule has 0 fully saturated rings. The molecule has 12 heavy (non-hydrogen) atoms. The summed E-state index contributed by atoms with van der Waals surface area (Å²) in [6.45, 7) is 0. The van der Waals surface area contributed by atoms with E-state index in [4.69, 9.17) is 22.7 Å². The van der Waals surface area contributed by atoms with Gasteiger partial charge in [0.25, 0.3) is 0 Å². The summed E-state index contributed by atoms with van der Waals surface area (Å²) < 4.78 is 6.10. The maximum Gasteiger partial charge on any atom is 0.132 e. The number of thiocarbonyl (C=S) groups is 1. The lowest BCUT2D eigenvalue weighted by Crippen LogP contribution is -2.09. The van der Waals surface area contributed by atoms with Crippen LogP contribution >= 0.6 is 34.8 Å². The van der Waals surface area contributed by atoms with Gasteiger partial charge in [-0.3, -0.25) is 0 Å². The number of rotatable bonds is 2. The van der Waals surface area contributed by atoms with Crippen LogP contribution in [0, 0.1) is 3.57 Å². The summed E-state index contributed by atoms with van der Waals surface area (Å²) in [6.07, 6.45) is 0. The third-order valence-electron chi connectivity index (χ3n) is 1.44. The largest absolute Gasteiger partial charge is 0.496 e. The molecule has 1 aromatic carbocycles. The van der Waals surface area contributed by atoms with Crippen molar-refractivity contribution in [2.24, 2.45) is 5.73 Å². The number of ether oxygens (including phenoxy) is 1. The minimum absolute atomic E-state index is 0.413. The predicted octanol–water partition coefficient (Wildman–Crippen LogP) is 1.93. The SMILES string of the molecule is COc1ccc(C(N)=S)cc1I. The van der Waals surface area contributed by atoms with Crippen molar-refractivity contribution in [3.63, 3.8) is 0 Å². The van der Waals surface area contributed by atoms with Gasteiger partial charge in [0, 0.05) is 5.56 Å². The highest BCUT2D eigenvalue weighted by atomic mass is 127. The van der Waals surface area contributed by atoms with E-state index in [0.29, 0.717) is 4.99 Å². The summed E-state index contributed by atoms with van der Waals surface area (Å²) in [6, 6.07) is 5.61. The Hall–Kier alpha value is -0.360. The molecule has 0 aliphatic rings. The monoisotopic (exact) mass is 293 g/mol. The molecule has 64 valence electrons. The molecule has 0 bridgehead atoms. The first kappa shape index (κ1) is 9.73. The van der Waals surface area contributed by atoms with Crippen molar-refractivity contribution < 1.29 is 4.74 Å². The van der Waals surface area contributed by atoms with Crippen LogP contribution in [0.15, 0.2) is 18.2 Å². The molecule has 0 aliphatic carbocycles. The first-order chi connectivity index (χ1) is 5.65. The number of halogens is 1. The summed E-state index contributed by atoms with van der Waals surface area (Å²) in [4.78, 5) is 0.413. The van der Waals surface area contributed by atoms with Crippen LogP contribution in [0.4, 0.5) is 0 Å². The number of benzene rings is 1. The van der Waals surface area contributed by atoms with E-state index in [1.165, 1.54) is 0 Å². The predicted molar refractivity (Wildman–Crippen MR) is 61.6 cm³/mol. The van der Waals surface area contributed by atoms with Crippen molar-refractivity contribution in [1.82, 2.24) is 0 Å². The van der Waals surface area contributed by atoms with Crippen molar-refractivity contribution in [1.29, 1.82) is 0 Å². The summed E-state index contributed by atoms with van der Waals surface area (Å²) in [5, 5.41) is 0. The Morgan fingerprint density at radius 3 is 2.67 bits per heavy atom. The van der Waals surface area contributed by atoms with Crippen LogP contribution in [0.5, 0.6) is 5.75 Å².